The summed E-state index contributed by atoms with van der Waals surface area (Å²) in [5, 5.41) is 4.19. The van der Waals surface area contributed by atoms with Crippen molar-refractivity contribution in [2.75, 3.05) is 0 Å². The monoisotopic (exact) mass is 326 g/mol. The fraction of sp³-hybridized carbons (Fsp3) is 0. The minimum atomic E-state index is -0.446. The third-order valence-corrected chi connectivity index (χ3v) is 5.49. The van der Waals surface area contributed by atoms with Crippen LogP contribution in [0.5, 0.6) is 0 Å². The number of rotatable bonds is 3. The van der Waals surface area contributed by atoms with E-state index in [0.717, 1.165) is 0 Å². The quantitative estimate of drug-likeness (QED) is 0.485. The predicted octanol–water partition coefficient (Wildman–Crippen LogP) is 4.67. The number of halogens is 1. The summed E-state index contributed by atoms with van der Waals surface area (Å²) in [6, 6.07) is 32.3. The highest BCUT2D eigenvalue weighted by Gasteiger charge is 2.14. The molecule has 0 bridgehead atoms. The summed E-state index contributed by atoms with van der Waals surface area (Å²) in [7, 11) is -0.446. The molecule has 112 valence electrons. The third kappa shape index (κ3) is 4.56. The van der Waals surface area contributed by atoms with Gasteiger partial charge in [-0.05, 0) is 23.8 Å². The van der Waals surface area contributed by atoms with Crippen LogP contribution in [-0.2, 0) is 0 Å². The molecule has 0 unspecified atom stereocenters. The summed E-state index contributed by atoms with van der Waals surface area (Å²) in [6.45, 7) is 6.00. The minimum absolute atomic E-state index is 0. The van der Waals surface area contributed by atoms with Crippen LogP contribution in [0.25, 0.3) is 0 Å². The van der Waals surface area contributed by atoms with Gasteiger partial charge in [0, 0.05) is 0 Å². The summed E-state index contributed by atoms with van der Waals surface area (Å²) in [5.41, 5.74) is 0. The molecule has 0 spiro atoms. The molecule has 0 atom stereocenters. The van der Waals surface area contributed by atoms with E-state index < -0.39 is 7.92 Å². The zero-order valence-corrected chi connectivity index (χ0v) is 14.1. The van der Waals surface area contributed by atoms with E-state index in [2.05, 4.69) is 104 Å². The maximum Gasteiger partial charge on any atom is -0.0134 e. The zero-order valence-electron chi connectivity index (χ0n) is 12.4. The van der Waals surface area contributed by atoms with E-state index in [-0.39, 0.29) is 12.4 Å². The van der Waals surface area contributed by atoms with Gasteiger partial charge in [0.1, 0.15) is 0 Å². The van der Waals surface area contributed by atoms with Crippen molar-refractivity contribution >= 4 is 36.2 Å². The second-order valence-corrected chi connectivity index (χ2v) is 6.56. The Morgan fingerprint density at radius 2 is 0.682 bits per heavy atom. The highest BCUT2D eigenvalue weighted by molar-refractivity contribution is 7.79. The van der Waals surface area contributed by atoms with Gasteiger partial charge in [-0.1, -0.05) is 91.0 Å². The lowest BCUT2D eigenvalue weighted by atomic mass is 10.4. The maximum absolute atomic E-state index is 3.00. The largest absolute Gasteiger partial charge is 0.147 e. The lowest BCUT2D eigenvalue weighted by molar-refractivity contribution is 1.74. The van der Waals surface area contributed by atoms with E-state index in [4.69, 9.17) is 0 Å². The molecular formula is C20H20ClP. The van der Waals surface area contributed by atoms with Gasteiger partial charge in [-0.25, -0.2) is 0 Å². The first-order valence-electron chi connectivity index (χ1n) is 6.90. The molecule has 3 aromatic carbocycles. The Morgan fingerprint density at radius 3 is 0.909 bits per heavy atom. The SMILES string of the molecule is C=C.Cl.c1ccc(P(c2ccccc2)c2ccccc2)cc1. The lowest BCUT2D eigenvalue weighted by Crippen LogP contribution is -2.20. The smallest absolute Gasteiger partial charge is 0.0134 e. The van der Waals surface area contributed by atoms with Gasteiger partial charge in [-0.15, -0.1) is 25.6 Å². The standard InChI is InChI=1S/C18H15P.C2H4.ClH/c1-4-10-16(11-5-1)19(17-12-6-2-7-13-17)18-14-8-3-9-15-18;1-2;/h1-15H;1-2H2;1H. The Balaban J connectivity index is 0.000000775. The van der Waals surface area contributed by atoms with Gasteiger partial charge in [0.25, 0.3) is 0 Å². The Kier molecular flexibility index (Phi) is 8.22. The Hall–Kier alpha value is -1.88. The van der Waals surface area contributed by atoms with Crippen molar-refractivity contribution < 1.29 is 0 Å². The molecule has 3 aromatic rings. The van der Waals surface area contributed by atoms with Crippen molar-refractivity contribution in [2.24, 2.45) is 0 Å². The average Bonchev–Trinajstić information content (AvgIpc) is 2.60. The molecule has 0 amide bonds. The molecular weight excluding hydrogens is 307 g/mol. The van der Waals surface area contributed by atoms with Gasteiger partial charge in [-0.2, -0.15) is 0 Å². The van der Waals surface area contributed by atoms with Crippen LogP contribution in [0.1, 0.15) is 0 Å². The van der Waals surface area contributed by atoms with Crippen molar-refractivity contribution in [1.82, 2.24) is 0 Å². The fourth-order valence-corrected chi connectivity index (χ4v) is 4.48. The predicted molar refractivity (Wildman–Crippen MR) is 104 cm³/mol. The van der Waals surface area contributed by atoms with E-state index in [1.165, 1.54) is 15.9 Å². The highest BCUT2D eigenvalue weighted by atomic mass is 35.5. The third-order valence-electron chi connectivity index (χ3n) is 3.04. The molecule has 0 aliphatic heterocycles. The number of hydrogen-bond acceptors (Lipinski definition) is 0. The topological polar surface area (TPSA) is 0 Å². The van der Waals surface area contributed by atoms with Crippen molar-refractivity contribution in [3.8, 4) is 0 Å². The maximum atomic E-state index is 3.00. The first-order valence-corrected chi connectivity index (χ1v) is 8.24. The molecule has 0 heterocycles. The van der Waals surface area contributed by atoms with Crippen LogP contribution in [0.3, 0.4) is 0 Å². The van der Waals surface area contributed by atoms with Gasteiger partial charge >= 0.3 is 0 Å². The molecule has 0 nitrogen and oxygen atoms in total. The average molecular weight is 327 g/mol. The van der Waals surface area contributed by atoms with Gasteiger partial charge in [0.05, 0.1) is 0 Å². The van der Waals surface area contributed by atoms with Gasteiger partial charge in [0.2, 0.25) is 0 Å². The second-order valence-electron chi connectivity index (χ2n) is 4.34. The van der Waals surface area contributed by atoms with Gasteiger partial charge < -0.3 is 0 Å². The van der Waals surface area contributed by atoms with Crippen LogP contribution in [0.4, 0.5) is 0 Å². The summed E-state index contributed by atoms with van der Waals surface area (Å²) in [6.07, 6.45) is 0. The van der Waals surface area contributed by atoms with E-state index in [9.17, 15) is 0 Å². The molecule has 0 saturated carbocycles. The lowest BCUT2D eigenvalue weighted by Gasteiger charge is -2.18. The summed E-state index contributed by atoms with van der Waals surface area (Å²) in [4.78, 5) is 0. The molecule has 0 aliphatic rings. The Labute approximate surface area is 140 Å². The van der Waals surface area contributed by atoms with E-state index in [1.807, 2.05) is 0 Å². The molecule has 3 rings (SSSR count). The zero-order chi connectivity index (χ0) is 14.9. The highest BCUT2D eigenvalue weighted by Crippen LogP contribution is 2.32. The fourth-order valence-electron chi connectivity index (χ4n) is 2.18. The molecule has 0 fully saturated rings. The molecule has 0 aliphatic carbocycles. The molecule has 22 heavy (non-hydrogen) atoms. The first-order chi connectivity index (χ1) is 10.4. The Bertz CT molecular complexity index is 544. The summed E-state index contributed by atoms with van der Waals surface area (Å²) in [5.74, 6) is 0. The molecule has 0 saturated heterocycles. The van der Waals surface area contributed by atoms with Crippen molar-refractivity contribution in [3.05, 3.63) is 104 Å². The van der Waals surface area contributed by atoms with E-state index in [1.54, 1.807) is 0 Å². The number of benzene rings is 3. The van der Waals surface area contributed by atoms with Crippen molar-refractivity contribution in [1.29, 1.82) is 0 Å². The van der Waals surface area contributed by atoms with Crippen LogP contribution >= 0.6 is 20.3 Å². The minimum Gasteiger partial charge on any atom is -0.147 e. The molecule has 0 aromatic heterocycles. The van der Waals surface area contributed by atoms with Crippen LogP contribution in [0.2, 0.25) is 0 Å². The molecule has 2 heteroatoms. The van der Waals surface area contributed by atoms with E-state index >= 15 is 0 Å². The molecule has 0 radical (unpaired) electrons. The summed E-state index contributed by atoms with van der Waals surface area (Å²) < 4.78 is 0. The van der Waals surface area contributed by atoms with Gasteiger partial charge in [-0.3, -0.25) is 0 Å². The Morgan fingerprint density at radius 1 is 0.455 bits per heavy atom. The van der Waals surface area contributed by atoms with Gasteiger partial charge in [0.15, 0.2) is 0 Å². The molecule has 0 N–H and O–H groups in total. The van der Waals surface area contributed by atoms with Crippen LogP contribution in [0, 0.1) is 0 Å². The van der Waals surface area contributed by atoms with Crippen LogP contribution in [0.15, 0.2) is 104 Å². The first kappa shape index (κ1) is 18.2. The number of hydrogen-bond donors (Lipinski definition) is 0. The van der Waals surface area contributed by atoms with Crippen molar-refractivity contribution in [2.45, 2.75) is 0 Å². The van der Waals surface area contributed by atoms with Crippen LogP contribution < -0.4 is 15.9 Å². The normalized spacial score (nSPS) is 9.32. The van der Waals surface area contributed by atoms with E-state index in [0.29, 0.717) is 0 Å². The van der Waals surface area contributed by atoms with Crippen LogP contribution in [-0.4, -0.2) is 0 Å². The van der Waals surface area contributed by atoms with Crippen molar-refractivity contribution in [3.63, 3.8) is 0 Å². The second kappa shape index (κ2) is 9.95. The summed E-state index contributed by atoms with van der Waals surface area (Å²) >= 11 is 0.